The Morgan fingerprint density at radius 3 is 1.61 bits per heavy atom. The molecule has 1 aliphatic rings. The minimum absolute atomic E-state index is 0.0492. The van der Waals surface area contributed by atoms with Crippen LogP contribution in [0, 0.1) is 0 Å². The normalized spacial score (nSPS) is 21.3. The van der Waals surface area contributed by atoms with Gasteiger partial charge in [-0.05, 0) is 116 Å². The molecule has 0 bridgehead atoms. The second-order valence-corrected chi connectivity index (χ2v) is 42.2. The van der Waals surface area contributed by atoms with Crippen LogP contribution in [0.15, 0.2) is 43.0 Å². The molecular weight excluding hydrogens is 773 g/mol. The second-order valence-electron chi connectivity index (χ2n) is 23.1. The van der Waals surface area contributed by atoms with Gasteiger partial charge in [-0.2, -0.15) is 0 Å². The summed E-state index contributed by atoms with van der Waals surface area (Å²) in [7, 11) is -8.72. The van der Waals surface area contributed by atoms with Gasteiger partial charge in [0, 0.05) is 36.9 Å². The maximum absolute atomic E-state index is 7.72. The molecule has 4 atom stereocenters. The number of hydrogen-bond donors (Lipinski definition) is 1. The summed E-state index contributed by atoms with van der Waals surface area (Å²) in [5.74, 6) is 0. The van der Waals surface area contributed by atoms with Gasteiger partial charge in [-0.3, -0.25) is 4.90 Å². The number of likely N-dealkylation sites (tertiary alicyclic amines) is 1. The molecule has 1 saturated heterocycles. The zero-order valence-electron chi connectivity index (χ0n) is 40.5. The average molecular weight is 862 g/mol. The van der Waals surface area contributed by atoms with Crippen LogP contribution < -0.4 is 5.32 Å². The van der Waals surface area contributed by atoms with E-state index in [1.807, 2.05) is 23.3 Å². The predicted molar refractivity (Wildman–Crippen MR) is 255 cm³/mol. The fraction of sp³-hybridized carbons (Fsp3) is 0.800. The van der Waals surface area contributed by atoms with Crippen LogP contribution in [0.1, 0.15) is 109 Å². The van der Waals surface area contributed by atoms with Gasteiger partial charge in [0.2, 0.25) is 0 Å². The molecule has 1 aliphatic heterocycles. The van der Waals surface area contributed by atoms with Crippen LogP contribution >= 0.6 is 0 Å². The molecular formula is C45H88N4O4Si4. The summed E-state index contributed by atoms with van der Waals surface area (Å²) in [6, 6.07) is 8.67. The van der Waals surface area contributed by atoms with Crippen LogP contribution in [0.25, 0.3) is 5.69 Å². The van der Waals surface area contributed by atoms with Crippen molar-refractivity contribution in [3.8, 4) is 5.69 Å². The zero-order chi connectivity index (χ0) is 43.5. The molecule has 1 aromatic heterocycles. The molecule has 3 unspecified atom stereocenters. The Hall–Kier alpha value is -1.10. The average Bonchev–Trinajstić information content (AvgIpc) is 3.59. The fourth-order valence-electron chi connectivity index (χ4n) is 6.25. The van der Waals surface area contributed by atoms with Crippen LogP contribution in [0.3, 0.4) is 0 Å². The van der Waals surface area contributed by atoms with E-state index in [1.54, 1.807) is 0 Å². The monoisotopic (exact) mass is 861 g/mol. The van der Waals surface area contributed by atoms with E-state index >= 15 is 0 Å². The van der Waals surface area contributed by atoms with Crippen molar-refractivity contribution >= 4 is 39.0 Å². The van der Waals surface area contributed by atoms with Gasteiger partial charge >= 0.3 is 0 Å². The fourth-order valence-corrected chi connectivity index (χ4v) is 11.2. The summed E-state index contributed by atoms with van der Waals surface area (Å²) in [5, 5.41) is 3.93. The number of aromatic nitrogens is 2. The number of hydrogen-bond acceptors (Lipinski definition) is 7. The molecule has 328 valence electrons. The van der Waals surface area contributed by atoms with Crippen molar-refractivity contribution in [1.29, 1.82) is 0 Å². The van der Waals surface area contributed by atoms with Gasteiger partial charge < -0.3 is 27.6 Å². The molecule has 1 N–H and O–H groups in total. The first-order valence-corrected chi connectivity index (χ1v) is 33.7. The highest BCUT2D eigenvalue weighted by molar-refractivity contribution is 6.75. The van der Waals surface area contributed by atoms with Crippen molar-refractivity contribution < 1.29 is 17.7 Å². The molecule has 0 radical (unpaired) electrons. The molecule has 1 aromatic carbocycles. The summed E-state index contributed by atoms with van der Waals surface area (Å²) in [6.45, 7) is 50.9. The van der Waals surface area contributed by atoms with Crippen LogP contribution in [0.5, 0.6) is 0 Å². The van der Waals surface area contributed by atoms with Crippen molar-refractivity contribution in [3.05, 3.63) is 43.0 Å². The molecule has 0 amide bonds. The Balaban J connectivity index is 1.93. The van der Waals surface area contributed by atoms with E-state index in [0.717, 1.165) is 43.9 Å². The van der Waals surface area contributed by atoms with E-state index in [0.29, 0.717) is 6.61 Å². The minimum atomic E-state index is -2.25. The summed E-state index contributed by atoms with van der Waals surface area (Å²) >= 11 is 0. The molecule has 0 spiro atoms. The molecule has 1 fully saturated rings. The van der Waals surface area contributed by atoms with Crippen molar-refractivity contribution in [2.24, 2.45) is 0 Å². The Kier molecular flexibility index (Phi) is 16.6. The lowest BCUT2D eigenvalue weighted by Crippen LogP contribution is -2.70. The number of anilines is 1. The number of benzene rings is 1. The number of nitrogens with one attached hydrogen (secondary N) is 1. The highest BCUT2D eigenvalue weighted by atomic mass is 28.4. The Morgan fingerprint density at radius 1 is 0.632 bits per heavy atom. The first-order chi connectivity index (χ1) is 25.8. The van der Waals surface area contributed by atoms with Crippen LogP contribution in [-0.2, 0) is 17.7 Å². The maximum Gasteiger partial charge on any atom is 0.192 e. The van der Waals surface area contributed by atoms with Crippen molar-refractivity contribution in [2.45, 2.75) is 206 Å². The van der Waals surface area contributed by atoms with Gasteiger partial charge in [0.25, 0.3) is 0 Å². The quantitative estimate of drug-likeness (QED) is 0.118. The Labute approximate surface area is 355 Å². The molecule has 57 heavy (non-hydrogen) atoms. The lowest BCUT2D eigenvalue weighted by molar-refractivity contribution is -0.128. The van der Waals surface area contributed by atoms with Crippen molar-refractivity contribution in [1.82, 2.24) is 14.5 Å². The second kappa shape index (κ2) is 18.9. The molecule has 12 heteroatoms. The SMILES string of the molecule is CC(C)(C)[Si](C)(C)OC[C@@H]1C(O[Si](C)(C)C(C)(C)C)C(O[Si](C)(C)C(C)(C)C)C(O[Si](C)(C)C(C)(C)C)CN1CCCCCCNc1ccc(-n2ccnc2)cc1. The van der Waals surface area contributed by atoms with Crippen molar-refractivity contribution in [2.75, 3.05) is 31.6 Å². The molecule has 3 rings (SSSR count). The third-order valence-corrected chi connectivity index (χ3v) is 32.4. The van der Waals surface area contributed by atoms with Crippen LogP contribution in [0.4, 0.5) is 5.69 Å². The number of piperidine rings is 1. The summed E-state index contributed by atoms with van der Waals surface area (Å²) in [4.78, 5) is 6.89. The summed E-state index contributed by atoms with van der Waals surface area (Å²) < 4.78 is 32.1. The number of rotatable bonds is 18. The maximum atomic E-state index is 7.72. The van der Waals surface area contributed by atoms with E-state index < -0.39 is 33.3 Å². The topological polar surface area (TPSA) is 70.0 Å². The number of unbranched alkanes of at least 4 members (excludes halogenated alkanes) is 3. The Bertz CT molecular complexity index is 1500. The van der Waals surface area contributed by atoms with Crippen LogP contribution in [0.2, 0.25) is 72.5 Å². The standard InChI is InChI=1S/C45H88N4O4Si4/c1-42(2,3)54(13,14)50-34-38-40(52-56(17,18)44(7,8)9)41(53-57(19,20)45(10,11)12)39(51-55(15,16)43(4,5)6)33-48(38)31-24-22-21-23-29-47-36-25-27-37(28-26-36)49-32-30-46-35-49/h25-28,30,32,35,38-41,47H,21-24,29,31,33-34H2,1-20H3/t38-,39?,40?,41?/m1/s1. The molecule has 0 saturated carbocycles. The molecule has 0 aliphatic carbocycles. The van der Waals surface area contributed by atoms with Gasteiger partial charge in [-0.15, -0.1) is 0 Å². The molecule has 2 aromatic rings. The molecule has 2 heterocycles. The number of nitrogens with zero attached hydrogens (tertiary/aromatic N) is 3. The predicted octanol–water partition coefficient (Wildman–Crippen LogP) is 12.7. The van der Waals surface area contributed by atoms with Gasteiger partial charge in [-0.1, -0.05) is 95.9 Å². The van der Waals surface area contributed by atoms with E-state index in [9.17, 15) is 0 Å². The molecule has 8 nitrogen and oxygen atoms in total. The van der Waals surface area contributed by atoms with E-state index in [4.69, 9.17) is 17.7 Å². The van der Waals surface area contributed by atoms with Crippen molar-refractivity contribution in [3.63, 3.8) is 0 Å². The summed E-state index contributed by atoms with van der Waals surface area (Å²) in [6.07, 6.45) is 9.84. The lowest BCUT2D eigenvalue weighted by Gasteiger charge is -2.56. The Morgan fingerprint density at radius 2 is 1.12 bits per heavy atom. The van der Waals surface area contributed by atoms with Gasteiger partial charge in [0.05, 0.1) is 37.3 Å². The van der Waals surface area contributed by atoms with Gasteiger partial charge in [-0.25, -0.2) is 4.98 Å². The van der Waals surface area contributed by atoms with Gasteiger partial charge in [0.1, 0.15) is 0 Å². The van der Waals surface area contributed by atoms with E-state index in [2.05, 4.69) is 175 Å². The first kappa shape index (κ1) is 50.3. The largest absolute Gasteiger partial charge is 0.415 e. The first-order valence-electron chi connectivity index (χ1n) is 22.0. The number of imidazole rings is 1. The minimum Gasteiger partial charge on any atom is -0.415 e. The lowest BCUT2D eigenvalue weighted by atomic mass is 9.94. The van der Waals surface area contributed by atoms with Crippen LogP contribution in [-0.4, -0.2) is 98.3 Å². The highest BCUT2D eigenvalue weighted by Gasteiger charge is 2.55. The van der Waals surface area contributed by atoms with E-state index in [1.165, 1.54) is 12.8 Å². The smallest absolute Gasteiger partial charge is 0.192 e. The highest BCUT2D eigenvalue weighted by Crippen LogP contribution is 2.46. The van der Waals surface area contributed by atoms with Gasteiger partial charge in [0.15, 0.2) is 33.3 Å². The summed E-state index contributed by atoms with van der Waals surface area (Å²) in [5.41, 5.74) is 2.28. The van der Waals surface area contributed by atoms with E-state index in [-0.39, 0.29) is 44.5 Å². The third kappa shape index (κ3) is 13.4. The third-order valence-electron chi connectivity index (χ3n) is 14.5. The zero-order valence-corrected chi connectivity index (χ0v) is 44.5.